The van der Waals surface area contributed by atoms with E-state index in [1.165, 1.54) is 18.1 Å². The van der Waals surface area contributed by atoms with Gasteiger partial charge in [-0.3, -0.25) is 14.3 Å². The molecule has 7 nitrogen and oxygen atoms in total. The van der Waals surface area contributed by atoms with E-state index in [1.807, 2.05) is 61.5 Å². The molecule has 0 radical (unpaired) electrons. The molecule has 1 atom stereocenters. The molecule has 0 fully saturated rings. The molecule has 29 heavy (non-hydrogen) atoms. The zero-order chi connectivity index (χ0) is 20.5. The summed E-state index contributed by atoms with van der Waals surface area (Å²) < 4.78 is 1.68. The van der Waals surface area contributed by atoms with Crippen LogP contribution in [0.2, 0.25) is 0 Å². The molecule has 0 bridgehead atoms. The number of nitrogens with zero attached hydrogens (tertiary/aromatic N) is 3. The first-order chi connectivity index (χ1) is 14.1. The number of anilines is 1. The summed E-state index contributed by atoms with van der Waals surface area (Å²) in [6, 6.07) is 17.1. The van der Waals surface area contributed by atoms with E-state index in [0.29, 0.717) is 6.54 Å². The van der Waals surface area contributed by atoms with E-state index in [2.05, 4.69) is 20.7 Å². The molecule has 0 aliphatic heterocycles. The molecule has 1 heterocycles. The summed E-state index contributed by atoms with van der Waals surface area (Å²) in [5, 5.41) is 9.97. The van der Waals surface area contributed by atoms with Gasteiger partial charge < -0.3 is 10.6 Å². The van der Waals surface area contributed by atoms with Gasteiger partial charge in [-0.2, -0.15) is 5.10 Å². The number of hydrogen-bond donors (Lipinski definition) is 2. The molecule has 8 heteroatoms. The molecule has 3 rings (SSSR count). The lowest BCUT2D eigenvalue weighted by atomic mass is 10.1. The van der Waals surface area contributed by atoms with E-state index in [-0.39, 0.29) is 29.4 Å². The maximum absolute atomic E-state index is 12.4. The average molecular weight is 410 g/mol. The van der Waals surface area contributed by atoms with E-state index < -0.39 is 0 Å². The number of thioether (sulfide) groups is 1. The van der Waals surface area contributed by atoms with Crippen molar-refractivity contribution in [2.45, 2.75) is 19.5 Å². The summed E-state index contributed by atoms with van der Waals surface area (Å²) in [7, 11) is 0. The normalized spacial score (nSPS) is 11.6. The third-order valence-electron chi connectivity index (χ3n) is 4.18. The summed E-state index contributed by atoms with van der Waals surface area (Å²) in [4.78, 5) is 28.4. The number of aryl methyl sites for hydroxylation is 1. The van der Waals surface area contributed by atoms with E-state index in [9.17, 15) is 9.59 Å². The molecule has 3 aromatic rings. The van der Waals surface area contributed by atoms with Gasteiger partial charge in [0.15, 0.2) is 0 Å². The maximum Gasteiger partial charge on any atom is 0.234 e. The van der Waals surface area contributed by atoms with E-state index in [0.717, 1.165) is 16.8 Å². The van der Waals surface area contributed by atoms with Crippen LogP contribution in [0.1, 0.15) is 17.2 Å². The molecule has 0 saturated heterocycles. The Bertz CT molecular complexity index is 914. The zero-order valence-electron chi connectivity index (χ0n) is 16.1. The van der Waals surface area contributed by atoms with Crippen LogP contribution in [-0.2, 0) is 16.1 Å². The molecule has 0 spiro atoms. The van der Waals surface area contributed by atoms with Crippen molar-refractivity contribution >= 4 is 29.3 Å². The minimum Gasteiger partial charge on any atom is -0.347 e. The number of nitrogens with one attached hydrogen (secondary N) is 2. The van der Waals surface area contributed by atoms with E-state index >= 15 is 0 Å². The number of aromatic nitrogens is 3. The Morgan fingerprint density at radius 3 is 2.45 bits per heavy atom. The van der Waals surface area contributed by atoms with Crippen LogP contribution in [0.25, 0.3) is 0 Å². The molecule has 150 valence electrons. The van der Waals surface area contributed by atoms with Crippen LogP contribution in [0.5, 0.6) is 0 Å². The van der Waals surface area contributed by atoms with Gasteiger partial charge in [-0.05, 0) is 24.6 Å². The Hall–Kier alpha value is -3.13. The van der Waals surface area contributed by atoms with Crippen molar-refractivity contribution in [3.8, 4) is 0 Å². The Labute approximate surface area is 173 Å². The van der Waals surface area contributed by atoms with Gasteiger partial charge in [0, 0.05) is 5.69 Å². The first-order valence-corrected chi connectivity index (χ1v) is 10.4. The van der Waals surface area contributed by atoms with Gasteiger partial charge in [0.05, 0.1) is 24.1 Å². The number of carbonyl (C=O) groups excluding carboxylic acids is 2. The number of carbonyl (C=O) groups is 2. The van der Waals surface area contributed by atoms with Crippen LogP contribution in [-0.4, -0.2) is 38.1 Å². The number of amides is 2. The molecule has 0 aliphatic rings. The third-order valence-corrected chi connectivity index (χ3v) is 5.11. The first kappa shape index (κ1) is 20.6. The predicted molar refractivity (Wildman–Crippen MR) is 114 cm³/mol. The largest absolute Gasteiger partial charge is 0.347 e. The topological polar surface area (TPSA) is 88.9 Å². The van der Waals surface area contributed by atoms with Crippen LogP contribution >= 0.6 is 11.8 Å². The van der Waals surface area contributed by atoms with Crippen molar-refractivity contribution in [1.82, 2.24) is 20.1 Å². The van der Waals surface area contributed by atoms with Crippen LogP contribution in [0.3, 0.4) is 0 Å². The highest BCUT2D eigenvalue weighted by atomic mass is 32.2. The number of rotatable bonds is 9. The highest BCUT2D eigenvalue weighted by Crippen LogP contribution is 2.15. The van der Waals surface area contributed by atoms with Crippen molar-refractivity contribution in [3.05, 3.63) is 78.4 Å². The Balaban J connectivity index is 1.48. The highest BCUT2D eigenvalue weighted by Gasteiger charge is 2.16. The molecular formula is C21H23N5O2S. The molecule has 1 unspecified atom stereocenters. The second-order valence-electron chi connectivity index (χ2n) is 6.56. The Kier molecular flexibility index (Phi) is 7.40. The number of benzene rings is 2. The smallest absolute Gasteiger partial charge is 0.234 e. The predicted octanol–water partition coefficient (Wildman–Crippen LogP) is 2.82. The van der Waals surface area contributed by atoms with Crippen molar-refractivity contribution in [2.75, 3.05) is 16.8 Å². The van der Waals surface area contributed by atoms with Gasteiger partial charge in [-0.25, -0.2) is 4.98 Å². The van der Waals surface area contributed by atoms with Gasteiger partial charge in [0.2, 0.25) is 11.8 Å². The fraction of sp³-hybridized carbons (Fsp3) is 0.238. The molecule has 1 aromatic heterocycles. The zero-order valence-corrected chi connectivity index (χ0v) is 16.9. The van der Waals surface area contributed by atoms with Crippen LogP contribution < -0.4 is 10.6 Å². The first-order valence-electron chi connectivity index (χ1n) is 9.21. The van der Waals surface area contributed by atoms with E-state index in [1.54, 1.807) is 11.0 Å². The average Bonchev–Trinajstić information content (AvgIpc) is 3.23. The molecule has 0 aliphatic carbocycles. The summed E-state index contributed by atoms with van der Waals surface area (Å²) in [6.07, 6.45) is 3.08. The lowest BCUT2D eigenvalue weighted by molar-refractivity contribution is -0.119. The van der Waals surface area contributed by atoms with Gasteiger partial charge >= 0.3 is 0 Å². The minimum absolute atomic E-state index is 0.131. The lowest BCUT2D eigenvalue weighted by Gasteiger charge is -2.19. The summed E-state index contributed by atoms with van der Waals surface area (Å²) >= 11 is 1.28. The van der Waals surface area contributed by atoms with Crippen molar-refractivity contribution in [2.24, 2.45) is 0 Å². The van der Waals surface area contributed by atoms with Gasteiger partial charge in [0.25, 0.3) is 0 Å². The van der Waals surface area contributed by atoms with Crippen LogP contribution in [0.4, 0.5) is 5.69 Å². The van der Waals surface area contributed by atoms with Crippen molar-refractivity contribution in [1.29, 1.82) is 0 Å². The van der Waals surface area contributed by atoms with E-state index in [4.69, 9.17) is 0 Å². The van der Waals surface area contributed by atoms with Crippen molar-refractivity contribution in [3.63, 3.8) is 0 Å². The van der Waals surface area contributed by atoms with Gasteiger partial charge in [-0.15, -0.1) is 11.8 Å². The monoisotopic (exact) mass is 409 g/mol. The highest BCUT2D eigenvalue weighted by molar-refractivity contribution is 8.00. The summed E-state index contributed by atoms with van der Waals surface area (Å²) in [6.45, 7) is 2.47. The van der Waals surface area contributed by atoms with Crippen LogP contribution in [0, 0.1) is 6.92 Å². The number of hydrogen-bond acceptors (Lipinski definition) is 5. The third kappa shape index (κ3) is 6.76. The van der Waals surface area contributed by atoms with Crippen molar-refractivity contribution < 1.29 is 9.59 Å². The molecule has 2 aromatic carbocycles. The minimum atomic E-state index is -0.229. The SMILES string of the molecule is Cc1ccc(NC(=O)CSCC(=O)NC(Cn2cncn2)c2ccccc2)cc1. The Morgan fingerprint density at radius 2 is 1.76 bits per heavy atom. The second-order valence-corrected chi connectivity index (χ2v) is 7.54. The summed E-state index contributed by atoms with van der Waals surface area (Å²) in [5.74, 6) is 0.142. The molecular weight excluding hydrogens is 386 g/mol. The molecule has 0 saturated carbocycles. The fourth-order valence-electron chi connectivity index (χ4n) is 2.74. The summed E-state index contributed by atoms with van der Waals surface area (Å²) in [5.41, 5.74) is 2.87. The fourth-order valence-corrected chi connectivity index (χ4v) is 3.37. The second kappa shape index (κ2) is 10.4. The molecule has 2 N–H and O–H groups in total. The van der Waals surface area contributed by atoms with Gasteiger partial charge in [-0.1, -0.05) is 48.0 Å². The standard InChI is InChI=1S/C21H23N5O2S/c1-16-7-9-18(10-8-16)24-20(27)12-29-13-21(28)25-19(11-26-15-22-14-23-26)17-5-3-2-4-6-17/h2-10,14-15,19H,11-13H2,1H3,(H,24,27)(H,25,28). The van der Waals surface area contributed by atoms with Gasteiger partial charge in [0.1, 0.15) is 12.7 Å². The Morgan fingerprint density at radius 1 is 1.03 bits per heavy atom. The lowest BCUT2D eigenvalue weighted by Crippen LogP contribution is -2.33. The maximum atomic E-state index is 12.4. The van der Waals surface area contributed by atoms with Crippen LogP contribution in [0.15, 0.2) is 67.3 Å². The molecule has 2 amide bonds. The quantitative estimate of drug-likeness (QED) is 0.567.